The van der Waals surface area contributed by atoms with Crippen molar-refractivity contribution in [2.75, 3.05) is 12.4 Å². The molecule has 2 aromatic heterocycles. The van der Waals surface area contributed by atoms with Gasteiger partial charge in [-0.2, -0.15) is 0 Å². The van der Waals surface area contributed by atoms with Gasteiger partial charge in [-0.15, -0.1) is 0 Å². The van der Waals surface area contributed by atoms with Gasteiger partial charge in [0.05, 0.1) is 6.54 Å². The van der Waals surface area contributed by atoms with Crippen LogP contribution in [-0.4, -0.2) is 42.7 Å². The maximum atomic E-state index is 12.3. The van der Waals surface area contributed by atoms with Crippen molar-refractivity contribution >= 4 is 34.5 Å². The van der Waals surface area contributed by atoms with Crippen LogP contribution in [0.3, 0.4) is 0 Å². The Balaban J connectivity index is 1.87. The summed E-state index contributed by atoms with van der Waals surface area (Å²) < 4.78 is 8.47. The molecule has 0 aliphatic heterocycles. The number of nitrogens with one attached hydrogen (secondary N) is 1. The number of fused-ring (bicyclic) bond motifs is 1. The molecule has 0 radical (unpaired) electrons. The Hall–Kier alpha value is -2.23. The van der Waals surface area contributed by atoms with Gasteiger partial charge in [0.15, 0.2) is 16.3 Å². The minimum atomic E-state index is -0.883. The lowest BCUT2D eigenvalue weighted by atomic mass is 10.3. The summed E-state index contributed by atoms with van der Waals surface area (Å²) in [5, 5.41) is 11.6. The first-order valence-electron chi connectivity index (χ1n) is 8.29. The molecule has 3 rings (SSSR count). The van der Waals surface area contributed by atoms with E-state index < -0.39 is 17.4 Å². The van der Waals surface area contributed by atoms with Crippen LogP contribution in [0.15, 0.2) is 39.0 Å². The number of aliphatic hydroxyl groups excluding tert-OH is 1. The van der Waals surface area contributed by atoms with Crippen LogP contribution in [-0.2, 0) is 13.6 Å². The van der Waals surface area contributed by atoms with E-state index in [0.29, 0.717) is 15.9 Å². The van der Waals surface area contributed by atoms with Crippen molar-refractivity contribution in [3.05, 3.63) is 50.1 Å². The summed E-state index contributed by atoms with van der Waals surface area (Å²) >= 11 is 7.26. The fourth-order valence-electron chi connectivity index (χ4n) is 2.61. The largest absolute Gasteiger partial charge is 0.491 e. The third kappa shape index (κ3) is 4.20. The molecule has 0 saturated carbocycles. The molecule has 1 aromatic carbocycles. The highest BCUT2D eigenvalue weighted by Gasteiger charge is 2.19. The standard InChI is InChI=1S/C17H19ClN4O4S/c1-3-27-17-19-14-13(15(24)20-16(25)21(14)2)22(17)8-11(23)9-26-12-6-4-10(18)5-7-12/h4-7,11,23H,3,8-9H2,1-2H3,(H,20,24,25)/t11-/m1/s1. The van der Waals surface area contributed by atoms with Gasteiger partial charge in [0.2, 0.25) is 0 Å². The van der Waals surface area contributed by atoms with E-state index >= 15 is 0 Å². The Labute approximate surface area is 163 Å². The summed E-state index contributed by atoms with van der Waals surface area (Å²) in [5.41, 5.74) is -0.532. The van der Waals surface area contributed by atoms with Gasteiger partial charge in [0.1, 0.15) is 18.5 Å². The summed E-state index contributed by atoms with van der Waals surface area (Å²) in [6, 6.07) is 6.81. The SMILES string of the molecule is CCSc1nc2c(c(=O)[nH]c(=O)n2C)n1C[C@@H](O)COc1ccc(Cl)cc1. The minimum absolute atomic E-state index is 0.0290. The number of imidazole rings is 1. The first-order valence-corrected chi connectivity index (χ1v) is 9.65. The Kier molecular flexibility index (Phi) is 5.93. The normalized spacial score (nSPS) is 12.4. The van der Waals surface area contributed by atoms with Gasteiger partial charge < -0.3 is 14.4 Å². The number of halogens is 1. The molecule has 8 nitrogen and oxygen atoms in total. The number of hydrogen-bond acceptors (Lipinski definition) is 6. The van der Waals surface area contributed by atoms with Crippen LogP contribution in [0, 0.1) is 0 Å². The van der Waals surface area contributed by atoms with Crippen molar-refractivity contribution in [1.29, 1.82) is 0 Å². The maximum Gasteiger partial charge on any atom is 0.329 e. The predicted molar refractivity (Wildman–Crippen MR) is 105 cm³/mol. The molecular weight excluding hydrogens is 392 g/mol. The quantitative estimate of drug-likeness (QED) is 0.574. The zero-order chi connectivity index (χ0) is 19.6. The lowest BCUT2D eigenvalue weighted by Gasteiger charge is -2.15. The van der Waals surface area contributed by atoms with Gasteiger partial charge in [-0.05, 0) is 30.0 Å². The molecule has 144 valence electrons. The van der Waals surface area contributed by atoms with Crippen molar-refractivity contribution < 1.29 is 9.84 Å². The second-order valence-corrected chi connectivity index (χ2v) is 7.51. The second kappa shape index (κ2) is 8.20. The Morgan fingerprint density at radius 2 is 2.04 bits per heavy atom. The van der Waals surface area contributed by atoms with E-state index in [9.17, 15) is 14.7 Å². The second-order valence-electron chi connectivity index (χ2n) is 5.85. The van der Waals surface area contributed by atoms with E-state index in [1.54, 1.807) is 35.9 Å². The van der Waals surface area contributed by atoms with Crippen LogP contribution in [0.4, 0.5) is 0 Å². The molecule has 10 heteroatoms. The van der Waals surface area contributed by atoms with Crippen LogP contribution >= 0.6 is 23.4 Å². The average molecular weight is 411 g/mol. The van der Waals surface area contributed by atoms with E-state index in [1.807, 2.05) is 6.92 Å². The van der Waals surface area contributed by atoms with Crippen LogP contribution < -0.4 is 16.0 Å². The molecule has 0 spiro atoms. The monoisotopic (exact) mass is 410 g/mol. The first-order chi connectivity index (χ1) is 12.9. The van der Waals surface area contributed by atoms with Crippen molar-refractivity contribution in [1.82, 2.24) is 19.1 Å². The van der Waals surface area contributed by atoms with E-state index in [1.165, 1.54) is 16.3 Å². The number of aromatic nitrogens is 4. The number of H-pyrrole nitrogens is 1. The Bertz CT molecular complexity index is 1060. The number of ether oxygens (including phenoxy) is 1. The van der Waals surface area contributed by atoms with Gasteiger partial charge >= 0.3 is 5.69 Å². The molecule has 0 aliphatic carbocycles. The van der Waals surface area contributed by atoms with E-state index in [-0.39, 0.29) is 24.3 Å². The molecule has 0 saturated heterocycles. The Morgan fingerprint density at radius 3 is 2.70 bits per heavy atom. The summed E-state index contributed by atoms with van der Waals surface area (Å²) in [4.78, 5) is 30.8. The molecule has 2 heterocycles. The van der Waals surface area contributed by atoms with Gasteiger partial charge in [0.25, 0.3) is 5.56 Å². The van der Waals surface area contributed by atoms with Crippen molar-refractivity contribution in [3.8, 4) is 5.75 Å². The number of thioether (sulfide) groups is 1. The number of rotatable bonds is 7. The molecule has 0 fully saturated rings. The molecule has 0 aliphatic rings. The van der Waals surface area contributed by atoms with E-state index in [0.717, 1.165) is 5.75 Å². The highest BCUT2D eigenvalue weighted by atomic mass is 35.5. The average Bonchev–Trinajstić information content (AvgIpc) is 2.98. The number of hydrogen-bond donors (Lipinski definition) is 2. The van der Waals surface area contributed by atoms with Gasteiger partial charge in [-0.1, -0.05) is 30.3 Å². The third-order valence-corrected chi connectivity index (χ3v) is 5.01. The Morgan fingerprint density at radius 1 is 1.33 bits per heavy atom. The highest BCUT2D eigenvalue weighted by molar-refractivity contribution is 7.99. The van der Waals surface area contributed by atoms with Crippen LogP contribution in [0.25, 0.3) is 11.2 Å². The van der Waals surface area contributed by atoms with Crippen molar-refractivity contribution in [2.24, 2.45) is 7.05 Å². The molecule has 1 atom stereocenters. The summed E-state index contributed by atoms with van der Waals surface area (Å²) in [5.74, 6) is 1.31. The molecule has 0 unspecified atom stereocenters. The number of aryl methyl sites for hydroxylation is 1. The highest BCUT2D eigenvalue weighted by Crippen LogP contribution is 2.22. The van der Waals surface area contributed by atoms with E-state index in [4.69, 9.17) is 16.3 Å². The zero-order valence-corrected chi connectivity index (χ0v) is 16.4. The lowest BCUT2D eigenvalue weighted by Crippen LogP contribution is -2.30. The van der Waals surface area contributed by atoms with Crippen molar-refractivity contribution in [3.63, 3.8) is 0 Å². The fraction of sp³-hybridized carbons (Fsp3) is 0.353. The van der Waals surface area contributed by atoms with E-state index in [2.05, 4.69) is 9.97 Å². The zero-order valence-electron chi connectivity index (χ0n) is 14.8. The number of nitrogens with zero attached hydrogens (tertiary/aromatic N) is 3. The van der Waals surface area contributed by atoms with Crippen LogP contribution in [0.5, 0.6) is 5.75 Å². The third-order valence-electron chi connectivity index (χ3n) is 3.89. The lowest BCUT2D eigenvalue weighted by molar-refractivity contribution is 0.0914. The first kappa shape index (κ1) is 19.5. The van der Waals surface area contributed by atoms with Crippen LogP contribution in [0.1, 0.15) is 6.92 Å². The van der Waals surface area contributed by atoms with Gasteiger partial charge in [-0.3, -0.25) is 14.3 Å². The molecular formula is C17H19ClN4O4S. The molecule has 0 amide bonds. The minimum Gasteiger partial charge on any atom is -0.491 e. The number of benzene rings is 1. The smallest absolute Gasteiger partial charge is 0.329 e. The number of aliphatic hydroxyl groups is 1. The summed E-state index contributed by atoms with van der Waals surface area (Å²) in [6.07, 6.45) is -0.883. The predicted octanol–water partition coefficient (Wildman–Crippen LogP) is 1.63. The van der Waals surface area contributed by atoms with Gasteiger partial charge in [-0.25, -0.2) is 9.78 Å². The topological polar surface area (TPSA) is 102 Å². The summed E-state index contributed by atoms with van der Waals surface area (Å²) in [7, 11) is 1.54. The number of aromatic amines is 1. The fourth-order valence-corrected chi connectivity index (χ4v) is 3.47. The molecule has 0 bridgehead atoms. The maximum absolute atomic E-state index is 12.3. The van der Waals surface area contributed by atoms with Gasteiger partial charge in [0, 0.05) is 12.1 Å². The summed E-state index contributed by atoms with van der Waals surface area (Å²) in [6.45, 7) is 2.09. The molecule has 2 N–H and O–H groups in total. The molecule has 3 aromatic rings. The molecule has 27 heavy (non-hydrogen) atoms. The van der Waals surface area contributed by atoms with Crippen molar-refractivity contribution in [2.45, 2.75) is 24.7 Å². The van der Waals surface area contributed by atoms with Crippen LogP contribution in [0.2, 0.25) is 5.02 Å².